The van der Waals surface area contributed by atoms with Crippen molar-refractivity contribution in [3.63, 3.8) is 0 Å². The topological polar surface area (TPSA) is 47.3 Å². The van der Waals surface area contributed by atoms with Crippen LogP contribution in [0.4, 0.5) is 4.39 Å². The molecule has 0 fully saturated rings. The van der Waals surface area contributed by atoms with Crippen LogP contribution in [0.1, 0.15) is 17.2 Å². The summed E-state index contributed by atoms with van der Waals surface area (Å²) in [5.41, 5.74) is 4.53. The van der Waals surface area contributed by atoms with Crippen LogP contribution in [0.25, 0.3) is 0 Å². The number of nitrogens with one attached hydrogen (secondary N) is 1. The normalized spacial score (nSPS) is 12.2. The zero-order valence-corrected chi connectivity index (χ0v) is 12.2. The summed E-state index contributed by atoms with van der Waals surface area (Å²) < 4.78 is 18.8. The van der Waals surface area contributed by atoms with Gasteiger partial charge >= 0.3 is 0 Å². The fraction of sp³-hybridized carbons (Fsp3) is 0.200. The Balaban J connectivity index is 2.44. The van der Waals surface area contributed by atoms with Gasteiger partial charge in [0.05, 0.1) is 13.2 Å². The van der Waals surface area contributed by atoms with Crippen molar-refractivity contribution in [1.82, 2.24) is 5.43 Å². The van der Waals surface area contributed by atoms with Gasteiger partial charge in [0.15, 0.2) is 11.6 Å². The lowest BCUT2D eigenvalue weighted by molar-refractivity contribution is 0.385. The molecule has 0 spiro atoms. The number of ether oxygens (including phenoxy) is 1. The van der Waals surface area contributed by atoms with Crippen LogP contribution in [0.2, 0.25) is 0 Å². The number of hydrazine groups is 1. The summed E-state index contributed by atoms with van der Waals surface area (Å²) >= 11 is 1.63. The van der Waals surface area contributed by atoms with Crippen molar-refractivity contribution in [3.8, 4) is 5.75 Å². The Morgan fingerprint density at radius 3 is 2.60 bits per heavy atom. The van der Waals surface area contributed by atoms with Crippen LogP contribution < -0.4 is 16.0 Å². The molecule has 0 aromatic heterocycles. The van der Waals surface area contributed by atoms with E-state index in [1.807, 2.05) is 36.6 Å². The molecule has 0 bridgehead atoms. The molecule has 0 aliphatic rings. The Morgan fingerprint density at radius 2 is 2.00 bits per heavy atom. The lowest BCUT2D eigenvalue weighted by Gasteiger charge is -2.20. The molecule has 2 aromatic rings. The zero-order chi connectivity index (χ0) is 14.5. The molecule has 1 atom stereocenters. The molecule has 1 unspecified atom stereocenters. The van der Waals surface area contributed by atoms with E-state index < -0.39 is 5.82 Å². The van der Waals surface area contributed by atoms with Gasteiger partial charge in [-0.25, -0.2) is 9.82 Å². The molecule has 2 rings (SSSR count). The Bertz CT molecular complexity index is 592. The summed E-state index contributed by atoms with van der Waals surface area (Å²) in [6, 6.07) is 12.5. The number of halogens is 1. The van der Waals surface area contributed by atoms with E-state index in [9.17, 15) is 4.39 Å². The van der Waals surface area contributed by atoms with Crippen LogP contribution in [0.15, 0.2) is 47.4 Å². The maximum absolute atomic E-state index is 13.8. The van der Waals surface area contributed by atoms with Crippen LogP contribution in [0, 0.1) is 5.82 Å². The van der Waals surface area contributed by atoms with Gasteiger partial charge in [0, 0.05) is 4.90 Å². The van der Waals surface area contributed by atoms with Crippen molar-refractivity contribution in [3.05, 3.63) is 59.4 Å². The molecule has 0 heterocycles. The number of thioether (sulfide) groups is 1. The average molecular weight is 292 g/mol. The highest BCUT2D eigenvalue weighted by atomic mass is 32.2. The van der Waals surface area contributed by atoms with Crippen LogP contribution >= 0.6 is 11.8 Å². The van der Waals surface area contributed by atoms with E-state index in [4.69, 9.17) is 10.6 Å². The zero-order valence-electron chi connectivity index (χ0n) is 11.4. The lowest BCUT2D eigenvalue weighted by atomic mass is 9.99. The molecule has 2 aromatic carbocycles. The van der Waals surface area contributed by atoms with Gasteiger partial charge < -0.3 is 4.74 Å². The first-order valence-corrected chi connectivity index (χ1v) is 7.36. The van der Waals surface area contributed by atoms with Gasteiger partial charge in [0.25, 0.3) is 0 Å². The summed E-state index contributed by atoms with van der Waals surface area (Å²) in [4.78, 5) is 1.10. The van der Waals surface area contributed by atoms with Crippen molar-refractivity contribution < 1.29 is 9.13 Å². The van der Waals surface area contributed by atoms with Crippen LogP contribution in [0.5, 0.6) is 5.75 Å². The standard InChI is InChI=1S/C15H17FN2OS/c1-19-13-8-7-10(9-12(13)16)15(18-17)11-5-3-4-6-14(11)20-2/h3-9,15,18H,17H2,1-2H3. The van der Waals surface area contributed by atoms with Crippen molar-refractivity contribution in [2.75, 3.05) is 13.4 Å². The van der Waals surface area contributed by atoms with E-state index in [-0.39, 0.29) is 11.8 Å². The third-order valence-electron chi connectivity index (χ3n) is 3.13. The Kier molecular flexibility index (Phi) is 5.00. The minimum Gasteiger partial charge on any atom is -0.494 e. The molecular formula is C15H17FN2OS. The number of benzene rings is 2. The van der Waals surface area contributed by atoms with Gasteiger partial charge in [-0.2, -0.15) is 0 Å². The number of hydrogen-bond acceptors (Lipinski definition) is 4. The molecule has 0 aliphatic carbocycles. The molecule has 3 nitrogen and oxygen atoms in total. The molecule has 0 saturated carbocycles. The predicted molar refractivity (Wildman–Crippen MR) is 80.3 cm³/mol. The fourth-order valence-electron chi connectivity index (χ4n) is 2.13. The summed E-state index contributed by atoms with van der Waals surface area (Å²) in [7, 11) is 1.44. The summed E-state index contributed by atoms with van der Waals surface area (Å²) in [6.07, 6.45) is 2.00. The molecule has 0 radical (unpaired) electrons. The van der Waals surface area contributed by atoms with E-state index >= 15 is 0 Å². The SMILES string of the molecule is COc1ccc(C(NN)c2ccccc2SC)cc1F. The van der Waals surface area contributed by atoms with E-state index in [2.05, 4.69) is 5.43 Å². The molecular weight excluding hydrogens is 275 g/mol. The predicted octanol–water partition coefficient (Wildman–Crippen LogP) is 3.11. The number of rotatable bonds is 5. The quantitative estimate of drug-likeness (QED) is 0.505. The number of nitrogens with two attached hydrogens (primary N) is 1. The van der Waals surface area contributed by atoms with Gasteiger partial charge in [0.2, 0.25) is 0 Å². The first kappa shape index (κ1) is 14.8. The molecule has 0 saturated heterocycles. The Morgan fingerprint density at radius 1 is 1.25 bits per heavy atom. The Hall–Kier alpha value is -1.56. The van der Waals surface area contributed by atoms with Gasteiger partial charge in [-0.3, -0.25) is 5.84 Å². The fourth-order valence-corrected chi connectivity index (χ4v) is 2.77. The third kappa shape index (κ3) is 2.95. The Labute approximate surface area is 122 Å². The highest BCUT2D eigenvalue weighted by molar-refractivity contribution is 7.98. The van der Waals surface area contributed by atoms with Crippen molar-refractivity contribution in [2.45, 2.75) is 10.9 Å². The summed E-state index contributed by atoms with van der Waals surface area (Å²) in [5, 5.41) is 0. The van der Waals surface area contributed by atoms with Crippen molar-refractivity contribution in [2.24, 2.45) is 5.84 Å². The van der Waals surface area contributed by atoms with E-state index in [1.54, 1.807) is 17.8 Å². The van der Waals surface area contributed by atoms with Crippen molar-refractivity contribution in [1.29, 1.82) is 0 Å². The van der Waals surface area contributed by atoms with E-state index in [1.165, 1.54) is 13.2 Å². The monoisotopic (exact) mass is 292 g/mol. The van der Waals surface area contributed by atoms with Gasteiger partial charge in [-0.05, 0) is 35.6 Å². The molecule has 106 valence electrons. The van der Waals surface area contributed by atoms with Crippen LogP contribution in [-0.4, -0.2) is 13.4 Å². The van der Waals surface area contributed by atoms with Gasteiger partial charge in [-0.1, -0.05) is 24.3 Å². The second-order valence-electron chi connectivity index (χ2n) is 4.24. The molecule has 3 N–H and O–H groups in total. The number of methoxy groups -OCH3 is 1. The first-order chi connectivity index (χ1) is 9.71. The molecule has 0 amide bonds. The van der Waals surface area contributed by atoms with E-state index in [0.29, 0.717) is 0 Å². The first-order valence-electron chi connectivity index (χ1n) is 6.13. The van der Waals surface area contributed by atoms with Gasteiger partial charge in [0.1, 0.15) is 0 Å². The second-order valence-corrected chi connectivity index (χ2v) is 5.08. The largest absolute Gasteiger partial charge is 0.494 e. The maximum atomic E-state index is 13.8. The highest BCUT2D eigenvalue weighted by Crippen LogP contribution is 2.31. The third-order valence-corrected chi connectivity index (χ3v) is 3.94. The minimum atomic E-state index is -0.396. The number of hydrogen-bond donors (Lipinski definition) is 2. The summed E-state index contributed by atoms with van der Waals surface area (Å²) in [5.74, 6) is 5.50. The van der Waals surface area contributed by atoms with Crippen molar-refractivity contribution >= 4 is 11.8 Å². The van der Waals surface area contributed by atoms with Crippen LogP contribution in [0.3, 0.4) is 0 Å². The van der Waals surface area contributed by atoms with Crippen LogP contribution in [-0.2, 0) is 0 Å². The molecule has 20 heavy (non-hydrogen) atoms. The highest BCUT2D eigenvalue weighted by Gasteiger charge is 2.17. The van der Waals surface area contributed by atoms with Gasteiger partial charge in [-0.15, -0.1) is 11.8 Å². The maximum Gasteiger partial charge on any atom is 0.165 e. The lowest BCUT2D eigenvalue weighted by Crippen LogP contribution is -2.29. The minimum absolute atomic E-state index is 0.225. The second kappa shape index (κ2) is 6.74. The summed E-state index contributed by atoms with van der Waals surface area (Å²) in [6.45, 7) is 0. The average Bonchev–Trinajstić information content (AvgIpc) is 2.49. The smallest absolute Gasteiger partial charge is 0.165 e. The molecule has 0 aliphatic heterocycles. The molecule has 5 heteroatoms. The van der Waals surface area contributed by atoms with E-state index in [0.717, 1.165) is 16.0 Å².